The highest BCUT2D eigenvalue weighted by Crippen LogP contribution is 2.28. The highest BCUT2D eigenvalue weighted by Gasteiger charge is 2.15. The third-order valence-corrected chi connectivity index (χ3v) is 5.25. The van der Waals surface area contributed by atoms with E-state index in [0.29, 0.717) is 0 Å². The van der Waals surface area contributed by atoms with E-state index in [1.165, 1.54) is 38.8 Å². The normalized spacial score (nSPS) is 16.2. The summed E-state index contributed by atoms with van der Waals surface area (Å²) in [7, 11) is 1.66. The molecule has 1 aromatic carbocycles. The monoisotopic (exact) mass is 328 g/mol. The Hall–Kier alpha value is -1.81. The van der Waals surface area contributed by atoms with E-state index < -0.39 is 0 Å². The number of fused-ring (bicyclic) bond motifs is 1. The number of rotatable bonds is 6. The molecule has 2 aromatic rings. The number of likely N-dealkylation sites (tertiary alicyclic amines) is 1. The fourth-order valence-corrected chi connectivity index (χ4v) is 3.86. The second kappa shape index (κ2) is 7.84. The molecule has 1 fully saturated rings. The molecule has 1 aliphatic rings. The highest BCUT2D eigenvalue weighted by atomic mass is 16.5. The van der Waals surface area contributed by atoms with Crippen LogP contribution in [0.25, 0.3) is 10.9 Å². The predicted molar refractivity (Wildman–Crippen MR) is 98.1 cm³/mol. The summed E-state index contributed by atoms with van der Waals surface area (Å²) in [6.45, 7) is 6.62. The zero-order valence-corrected chi connectivity index (χ0v) is 14.9. The first-order valence-electron chi connectivity index (χ1n) is 9.09. The van der Waals surface area contributed by atoms with Crippen LogP contribution < -0.4 is 4.74 Å². The lowest BCUT2D eigenvalue weighted by atomic mass is 10.1. The molecular formula is C20H28N2O2. The second-order valence-corrected chi connectivity index (χ2v) is 6.76. The standard InChI is InChI=1S/C20H28N2O2/c1-16-19(15-23)18-14-17(24-2)8-9-20(18)22(16)13-7-12-21-10-5-3-4-6-11-21/h8-9,14-15H,3-7,10-13H2,1-2H3. The molecule has 1 aliphatic heterocycles. The summed E-state index contributed by atoms with van der Waals surface area (Å²) in [6.07, 6.45) is 7.52. The summed E-state index contributed by atoms with van der Waals surface area (Å²) in [5.74, 6) is 0.798. The minimum atomic E-state index is 0.790. The molecule has 1 saturated heterocycles. The first-order chi connectivity index (χ1) is 11.7. The number of hydrogen-bond acceptors (Lipinski definition) is 3. The minimum Gasteiger partial charge on any atom is -0.497 e. The third kappa shape index (κ3) is 3.48. The fraction of sp³-hybridized carbons (Fsp3) is 0.550. The molecule has 0 unspecified atom stereocenters. The predicted octanol–water partition coefficient (Wildman–Crippen LogP) is 4.04. The summed E-state index contributed by atoms with van der Waals surface area (Å²) in [6, 6.07) is 6.01. The Morgan fingerprint density at radius 3 is 2.54 bits per heavy atom. The lowest BCUT2D eigenvalue weighted by Gasteiger charge is -2.20. The number of carbonyl (C=O) groups excluding carboxylic acids is 1. The van der Waals surface area contributed by atoms with Gasteiger partial charge >= 0.3 is 0 Å². The molecule has 0 saturated carbocycles. The van der Waals surface area contributed by atoms with Gasteiger partial charge in [0, 0.05) is 28.7 Å². The molecule has 0 radical (unpaired) electrons. The van der Waals surface area contributed by atoms with Crippen molar-refractivity contribution in [2.75, 3.05) is 26.7 Å². The number of nitrogens with zero attached hydrogens (tertiary/aromatic N) is 2. The van der Waals surface area contributed by atoms with Crippen LogP contribution >= 0.6 is 0 Å². The van der Waals surface area contributed by atoms with Crippen molar-refractivity contribution in [1.82, 2.24) is 9.47 Å². The van der Waals surface area contributed by atoms with Gasteiger partial charge in [-0.25, -0.2) is 0 Å². The van der Waals surface area contributed by atoms with E-state index in [2.05, 4.69) is 15.5 Å². The SMILES string of the molecule is COc1ccc2c(c1)c(C=O)c(C)n2CCCN1CCCCCC1. The van der Waals surface area contributed by atoms with Crippen molar-refractivity contribution in [2.45, 2.75) is 45.6 Å². The Bertz CT molecular complexity index is 697. The summed E-state index contributed by atoms with van der Waals surface area (Å²) in [5.41, 5.74) is 2.98. The lowest BCUT2D eigenvalue weighted by molar-refractivity contribution is 0.112. The minimum absolute atomic E-state index is 0.790. The average Bonchev–Trinajstić information content (AvgIpc) is 2.76. The molecule has 130 valence electrons. The van der Waals surface area contributed by atoms with Crippen LogP contribution in [0.15, 0.2) is 18.2 Å². The van der Waals surface area contributed by atoms with Crippen LogP contribution in [-0.2, 0) is 6.54 Å². The number of benzene rings is 1. The highest BCUT2D eigenvalue weighted by molar-refractivity contribution is 6.00. The molecule has 4 heteroatoms. The number of aldehydes is 1. The Morgan fingerprint density at radius 2 is 1.88 bits per heavy atom. The van der Waals surface area contributed by atoms with Gasteiger partial charge in [0.2, 0.25) is 0 Å². The van der Waals surface area contributed by atoms with Crippen LogP contribution in [0.1, 0.15) is 48.2 Å². The maximum atomic E-state index is 11.6. The van der Waals surface area contributed by atoms with Gasteiger partial charge in [0.1, 0.15) is 5.75 Å². The van der Waals surface area contributed by atoms with E-state index in [9.17, 15) is 4.79 Å². The molecule has 0 aliphatic carbocycles. The van der Waals surface area contributed by atoms with Crippen molar-refractivity contribution >= 4 is 17.2 Å². The lowest BCUT2D eigenvalue weighted by Crippen LogP contribution is -2.26. The molecule has 0 spiro atoms. The molecule has 2 heterocycles. The van der Waals surface area contributed by atoms with Gasteiger partial charge in [0.25, 0.3) is 0 Å². The van der Waals surface area contributed by atoms with Crippen molar-refractivity contribution in [2.24, 2.45) is 0 Å². The third-order valence-electron chi connectivity index (χ3n) is 5.25. The van der Waals surface area contributed by atoms with Gasteiger partial charge in [-0.05, 0) is 64.0 Å². The van der Waals surface area contributed by atoms with Crippen molar-refractivity contribution < 1.29 is 9.53 Å². The van der Waals surface area contributed by atoms with Gasteiger partial charge in [-0.3, -0.25) is 4.79 Å². The molecule has 0 amide bonds. The van der Waals surface area contributed by atoms with E-state index in [1.54, 1.807) is 7.11 Å². The first kappa shape index (κ1) is 17.0. The maximum absolute atomic E-state index is 11.6. The average molecular weight is 328 g/mol. The van der Waals surface area contributed by atoms with E-state index in [0.717, 1.165) is 53.7 Å². The second-order valence-electron chi connectivity index (χ2n) is 6.76. The summed E-state index contributed by atoms with van der Waals surface area (Å²) in [5, 5.41) is 0.997. The number of aryl methyl sites for hydroxylation is 1. The van der Waals surface area contributed by atoms with E-state index >= 15 is 0 Å². The van der Waals surface area contributed by atoms with E-state index in [4.69, 9.17) is 4.74 Å². The number of ether oxygens (including phenoxy) is 1. The first-order valence-corrected chi connectivity index (χ1v) is 9.09. The largest absolute Gasteiger partial charge is 0.497 e. The molecule has 0 N–H and O–H groups in total. The van der Waals surface area contributed by atoms with Gasteiger partial charge in [0.15, 0.2) is 6.29 Å². The molecule has 4 nitrogen and oxygen atoms in total. The van der Waals surface area contributed by atoms with Crippen LogP contribution in [0.4, 0.5) is 0 Å². The topological polar surface area (TPSA) is 34.5 Å². The molecule has 0 bridgehead atoms. The van der Waals surface area contributed by atoms with Crippen LogP contribution in [0.5, 0.6) is 5.75 Å². The molecular weight excluding hydrogens is 300 g/mol. The van der Waals surface area contributed by atoms with Gasteiger partial charge < -0.3 is 14.2 Å². The van der Waals surface area contributed by atoms with Crippen molar-refractivity contribution in [3.8, 4) is 5.75 Å². The van der Waals surface area contributed by atoms with Gasteiger partial charge in [-0.1, -0.05) is 12.8 Å². The molecule has 24 heavy (non-hydrogen) atoms. The van der Waals surface area contributed by atoms with E-state index in [1.807, 2.05) is 19.1 Å². The fourth-order valence-electron chi connectivity index (χ4n) is 3.86. The Kier molecular flexibility index (Phi) is 5.56. The van der Waals surface area contributed by atoms with Crippen molar-refractivity contribution in [3.05, 3.63) is 29.5 Å². The number of methoxy groups -OCH3 is 1. The van der Waals surface area contributed by atoms with Crippen LogP contribution in [0.2, 0.25) is 0 Å². The smallest absolute Gasteiger partial charge is 0.152 e. The number of carbonyl (C=O) groups is 1. The molecule has 1 aromatic heterocycles. The summed E-state index contributed by atoms with van der Waals surface area (Å²) in [4.78, 5) is 14.1. The zero-order valence-electron chi connectivity index (χ0n) is 14.9. The molecule has 0 atom stereocenters. The van der Waals surface area contributed by atoms with Crippen LogP contribution in [0, 0.1) is 6.92 Å². The van der Waals surface area contributed by atoms with Crippen molar-refractivity contribution in [1.29, 1.82) is 0 Å². The van der Waals surface area contributed by atoms with Crippen LogP contribution in [0.3, 0.4) is 0 Å². The Morgan fingerprint density at radius 1 is 1.12 bits per heavy atom. The van der Waals surface area contributed by atoms with Gasteiger partial charge in [-0.2, -0.15) is 0 Å². The molecule has 3 rings (SSSR count). The van der Waals surface area contributed by atoms with Crippen LogP contribution in [-0.4, -0.2) is 42.5 Å². The van der Waals surface area contributed by atoms with Gasteiger partial charge in [0.05, 0.1) is 7.11 Å². The summed E-state index contributed by atoms with van der Waals surface area (Å²) >= 11 is 0. The number of aromatic nitrogens is 1. The number of hydrogen-bond donors (Lipinski definition) is 0. The summed E-state index contributed by atoms with van der Waals surface area (Å²) < 4.78 is 7.60. The Balaban J connectivity index is 1.76. The van der Waals surface area contributed by atoms with Gasteiger partial charge in [-0.15, -0.1) is 0 Å². The van der Waals surface area contributed by atoms with Crippen molar-refractivity contribution in [3.63, 3.8) is 0 Å². The Labute approximate surface area is 144 Å². The maximum Gasteiger partial charge on any atom is 0.152 e. The quantitative estimate of drug-likeness (QED) is 0.751. The van der Waals surface area contributed by atoms with E-state index in [-0.39, 0.29) is 0 Å². The zero-order chi connectivity index (χ0) is 16.9.